The SMILES string of the molecule is COCc1cc(OC(F)(F)F)ccc1-c1ccn2nccc2c1. The topological polar surface area (TPSA) is 35.8 Å². The van der Waals surface area contributed by atoms with Crippen LogP contribution in [0.2, 0.25) is 0 Å². The zero-order chi connectivity index (χ0) is 16.4. The highest BCUT2D eigenvalue weighted by Gasteiger charge is 2.31. The molecule has 0 saturated heterocycles. The molecule has 0 saturated carbocycles. The number of pyridine rings is 1. The minimum atomic E-state index is -4.72. The van der Waals surface area contributed by atoms with Crippen molar-refractivity contribution >= 4 is 5.52 Å². The van der Waals surface area contributed by atoms with Crippen molar-refractivity contribution in [3.63, 3.8) is 0 Å². The normalized spacial score (nSPS) is 11.8. The van der Waals surface area contributed by atoms with E-state index in [1.165, 1.54) is 19.2 Å². The molecule has 3 rings (SSSR count). The standard InChI is InChI=1S/C16H13F3N2O2/c1-22-10-12-9-14(23-16(17,18)19)2-3-15(12)11-5-7-21-13(8-11)4-6-20-21/h2-9H,10H2,1H3. The van der Waals surface area contributed by atoms with Crippen LogP contribution in [0, 0.1) is 0 Å². The summed E-state index contributed by atoms with van der Waals surface area (Å²) in [7, 11) is 1.49. The van der Waals surface area contributed by atoms with Gasteiger partial charge in [-0.2, -0.15) is 5.10 Å². The van der Waals surface area contributed by atoms with Crippen LogP contribution in [0.25, 0.3) is 16.6 Å². The lowest BCUT2D eigenvalue weighted by Crippen LogP contribution is -2.17. The molecule has 120 valence electrons. The maximum Gasteiger partial charge on any atom is 0.573 e. The third kappa shape index (κ3) is 3.45. The summed E-state index contributed by atoms with van der Waals surface area (Å²) in [5.41, 5.74) is 3.15. The lowest BCUT2D eigenvalue weighted by molar-refractivity contribution is -0.274. The fraction of sp³-hybridized carbons (Fsp3) is 0.188. The Morgan fingerprint density at radius 2 is 1.96 bits per heavy atom. The molecule has 7 heteroatoms. The van der Waals surface area contributed by atoms with Gasteiger partial charge in [-0.3, -0.25) is 0 Å². The predicted octanol–water partition coefficient (Wildman–Crippen LogP) is 4.05. The summed E-state index contributed by atoms with van der Waals surface area (Å²) < 4.78 is 47.8. The van der Waals surface area contributed by atoms with Crippen LogP contribution in [0.4, 0.5) is 13.2 Å². The van der Waals surface area contributed by atoms with Gasteiger partial charge in [-0.05, 0) is 47.0 Å². The van der Waals surface area contributed by atoms with E-state index < -0.39 is 6.36 Å². The Morgan fingerprint density at radius 1 is 1.13 bits per heavy atom. The fourth-order valence-corrected chi connectivity index (χ4v) is 2.41. The van der Waals surface area contributed by atoms with Gasteiger partial charge in [0.05, 0.1) is 12.1 Å². The Hall–Kier alpha value is -2.54. The number of hydrogen-bond donors (Lipinski definition) is 0. The molecule has 0 unspecified atom stereocenters. The number of methoxy groups -OCH3 is 1. The van der Waals surface area contributed by atoms with Crippen molar-refractivity contribution in [3.05, 3.63) is 54.4 Å². The molecule has 0 atom stereocenters. The number of fused-ring (bicyclic) bond motifs is 1. The number of nitrogens with zero attached hydrogens (tertiary/aromatic N) is 2. The van der Waals surface area contributed by atoms with Crippen LogP contribution in [0.15, 0.2) is 48.8 Å². The summed E-state index contributed by atoms with van der Waals surface area (Å²) in [5, 5.41) is 4.11. The van der Waals surface area contributed by atoms with Crippen molar-refractivity contribution in [1.82, 2.24) is 9.61 Å². The van der Waals surface area contributed by atoms with Crippen LogP contribution < -0.4 is 4.74 Å². The average Bonchev–Trinajstić information content (AvgIpc) is 2.93. The third-order valence-corrected chi connectivity index (χ3v) is 3.32. The van der Waals surface area contributed by atoms with Crippen molar-refractivity contribution in [1.29, 1.82) is 0 Å². The number of aromatic nitrogens is 2. The van der Waals surface area contributed by atoms with E-state index in [0.717, 1.165) is 16.6 Å². The molecule has 0 amide bonds. The number of halogens is 3. The van der Waals surface area contributed by atoms with Gasteiger partial charge < -0.3 is 9.47 Å². The third-order valence-electron chi connectivity index (χ3n) is 3.32. The Kier molecular flexibility index (Phi) is 3.96. The Balaban J connectivity index is 2.03. The molecule has 0 aliphatic rings. The van der Waals surface area contributed by atoms with Crippen LogP contribution in [0.5, 0.6) is 5.75 Å². The van der Waals surface area contributed by atoms with Gasteiger partial charge in [0.1, 0.15) is 5.75 Å². The minimum Gasteiger partial charge on any atom is -0.406 e. The number of rotatable bonds is 4. The van der Waals surface area contributed by atoms with Gasteiger partial charge in [0.25, 0.3) is 0 Å². The molecule has 0 fully saturated rings. The molecule has 0 bridgehead atoms. The van der Waals surface area contributed by atoms with E-state index in [2.05, 4.69) is 9.84 Å². The lowest BCUT2D eigenvalue weighted by atomic mass is 10.0. The smallest absolute Gasteiger partial charge is 0.406 e. The first-order valence-corrected chi connectivity index (χ1v) is 6.78. The number of benzene rings is 1. The maximum absolute atomic E-state index is 12.4. The highest BCUT2D eigenvalue weighted by Crippen LogP contribution is 2.31. The quantitative estimate of drug-likeness (QED) is 0.727. The molecule has 2 heterocycles. The molecular weight excluding hydrogens is 309 g/mol. The molecule has 4 nitrogen and oxygen atoms in total. The molecule has 2 aromatic heterocycles. The Morgan fingerprint density at radius 3 is 2.70 bits per heavy atom. The first kappa shape index (κ1) is 15.4. The average molecular weight is 322 g/mol. The monoisotopic (exact) mass is 322 g/mol. The summed E-state index contributed by atoms with van der Waals surface area (Å²) >= 11 is 0. The van der Waals surface area contributed by atoms with Crippen LogP contribution in [0.1, 0.15) is 5.56 Å². The number of ether oxygens (including phenoxy) is 2. The van der Waals surface area contributed by atoms with Crippen LogP contribution in [0.3, 0.4) is 0 Å². The summed E-state index contributed by atoms with van der Waals surface area (Å²) in [4.78, 5) is 0. The zero-order valence-electron chi connectivity index (χ0n) is 12.2. The Bertz CT molecular complexity index is 828. The summed E-state index contributed by atoms with van der Waals surface area (Å²) in [6, 6.07) is 9.83. The van der Waals surface area contributed by atoms with Crippen molar-refractivity contribution in [2.45, 2.75) is 13.0 Å². The van der Waals surface area contributed by atoms with E-state index in [9.17, 15) is 13.2 Å². The molecule has 1 aromatic carbocycles. The van der Waals surface area contributed by atoms with E-state index in [1.807, 2.05) is 18.2 Å². The maximum atomic E-state index is 12.4. The van der Waals surface area contributed by atoms with Crippen molar-refractivity contribution < 1.29 is 22.6 Å². The highest BCUT2D eigenvalue weighted by molar-refractivity contribution is 5.72. The van der Waals surface area contributed by atoms with Crippen LogP contribution in [-0.4, -0.2) is 23.1 Å². The van der Waals surface area contributed by atoms with E-state index in [4.69, 9.17) is 4.74 Å². The van der Waals surface area contributed by atoms with E-state index in [0.29, 0.717) is 5.56 Å². The highest BCUT2D eigenvalue weighted by atomic mass is 19.4. The minimum absolute atomic E-state index is 0.175. The molecule has 0 spiro atoms. The molecule has 0 radical (unpaired) electrons. The lowest BCUT2D eigenvalue weighted by Gasteiger charge is -2.14. The van der Waals surface area contributed by atoms with E-state index in [-0.39, 0.29) is 12.4 Å². The van der Waals surface area contributed by atoms with E-state index >= 15 is 0 Å². The van der Waals surface area contributed by atoms with Crippen molar-refractivity contribution in [3.8, 4) is 16.9 Å². The fourth-order valence-electron chi connectivity index (χ4n) is 2.41. The van der Waals surface area contributed by atoms with Gasteiger partial charge in [0.2, 0.25) is 0 Å². The molecule has 23 heavy (non-hydrogen) atoms. The van der Waals surface area contributed by atoms with Crippen LogP contribution >= 0.6 is 0 Å². The zero-order valence-corrected chi connectivity index (χ0v) is 12.2. The predicted molar refractivity (Wildman–Crippen MR) is 78.0 cm³/mol. The first-order chi connectivity index (χ1) is 11.0. The van der Waals surface area contributed by atoms with Gasteiger partial charge in [-0.25, -0.2) is 4.52 Å². The molecule has 0 aliphatic carbocycles. The summed E-state index contributed by atoms with van der Waals surface area (Å²) in [6.45, 7) is 0.175. The summed E-state index contributed by atoms with van der Waals surface area (Å²) in [5.74, 6) is -0.265. The van der Waals surface area contributed by atoms with Gasteiger partial charge in [0, 0.05) is 19.5 Å². The molecule has 3 aromatic rings. The van der Waals surface area contributed by atoms with Crippen molar-refractivity contribution in [2.24, 2.45) is 0 Å². The summed E-state index contributed by atoms with van der Waals surface area (Å²) in [6.07, 6.45) is -1.25. The van der Waals surface area contributed by atoms with Crippen LogP contribution in [-0.2, 0) is 11.3 Å². The van der Waals surface area contributed by atoms with Crippen molar-refractivity contribution in [2.75, 3.05) is 7.11 Å². The molecule has 0 N–H and O–H groups in total. The second-order valence-corrected chi connectivity index (χ2v) is 4.92. The van der Waals surface area contributed by atoms with Gasteiger partial charge in [-0.1, -0.05) is 6.07 Å². The number of alkyl halides is 3. The second-order valence-electron chi connectivity index (χ2n) is 4.92. The molecular formula is C16H13F3N2O2. The van der Waals surface area contributed by atoms with Gasteiger partial charge in [-0.15, -0.1) is 13.2 Å². The van der Waals surface area contributed by atoms with Gasteiger partial charge in [0.15, 0.2) is 0 Å². The van der Waals surface area contributed by atoms with Gasteiger partial charge >= 0.3 is 6.36 Å². The largest absolute Gasteiger partial charge is 0.573 e. The second kappa shape index (κ2) is 5.92. The number of hydrogen-bond acceptors (Lipinski definition) is 3. The Labute approximate surface area is 130 Å². The molecule has 0 aliphatic heterocycles. The van der Waals surface area contributed by atoms with E-state index in [1.54, 1.807) is 23.0 Å². The first-order valence-electron chi connectivity index (χ1n) is 6.78.